The highest BCUT2D eigenvalue weighted by atomic mass is 79.9. The lowest BCUT2D eigenvalue weighted by Gasteiger charge is -2.19. The van der Waals surface area contributed by atoms with Gasteiger partial charge in [-0.05, 0) is 15.9 Å². The average molecular weight is 288 g/mol. The molecular weight excluding hydrogens is 278 g/mol. The first-order valence-electron chi connectivity index (χ1n) is 4.28. The van der Waals surface area contributed by atoms with Crippen molar-refractivity contribution in [1.29, 1.82) is 0 Å². The normalized spacial score (nSPS) is 9.81. The van der Waals surface area contributed by atoms with Crippen LogP contribution in [0.3, 0.4) is 0 Å². The monoisotopic (exact) mass is 287 g/mol. The fourth-order valence-corrected chi connectivity index (χ4v) is 1.39. The highest BCUT2D eigenvalue weighted by Crippen LogP contribution is 2.13. The van der Waals surface area contributed by atoms with Crippen LogP contribution in [0.1, 0.15) is 0 Å². The van der Waals surface area contributed by atoms with E-state index in [1.165, 1.54) is 11.2 Å². The number of amides is 2. The second-order valence-corrected chi connectivity index (χ2v) is 3.80. The van der Waals surface area contributed by atoms with Gasteiger partial charge in [0.1, 0.15) is 16.7 Å². The number of nitrogens with zero attached hydrogens (tertiary/aromatic N) is 3. The van der Waals surface area contributed by atoms with E-state index < -0.39 is 11.8 Å². The second-order valence-electron chi connectivity index (χ2n) is 2.99. The number of anilines is 1. The number of aromatic nitrogens is 2. The summed E-state index contributed by atoms with van der Waals surface area (Å²) in [7, 11) is 0. The van der Waals surface area contributed by atoms with Gasteiger partial charge in [0.25, 0.3) is 0 Å². The maximum absolute atomic E-state index is 10.8. The van der Waals surface area contributed by atoms with Crippen LogP contribution in [0.25, 0.3) is 0 Å². The van der Waals surface area contributed by atoms with Crippen LogP contribution in [0.2, 0.25) is 0 Å². The van der Waals surface area contributed by atoms with Gasteiger partial charge in [-0.25, -0.2) is 9.97 Å². The molecule has 0 atom stereocenters. The Hall–Kier alpha value is -1.70. The zero-order valence-electron chi connectivity index (χ0n) is 8.26. The van der Waals surface area contributed by atoms with Crippen LogP contribution >= 0.6 is 15.9 Å². The predicted molar refractivity (Wildman–Crippen MR) is 60.3 cm³/mol. The lowest BCUT2D eigenvalue weighted by molar-refractivity contribution is -0.117. The van der Waals surface area contributed by atoms with Gasteiger partial charge in [0, 0.05) is 6.07 Å². The number of carbonyl (C=O) groups is 2. The highest BCUT2D eigenvalue weighted by molar-refractivity contribution is 9.10. The third-order valence-corrected chi connectivity index (χ3v) is 2.07. The van der Waals surface area contributed by atoms with Crippen molar-refractivity contribution in [1.82, 2.24) is 9.97 Å². The van der Waals surface area contributed by atoms with Gasteiger partial charge < -0.3 is 16.4 Å². The van der Waals surface area contributed by atoms with Gasteiger partial charge in [-0.3, -0.25) is 9.59 Å². The zero-order chi connectivity index (χ0) is 12.1. The molecule has 86 valence electrons. The summed E-state index contributed by atoms with van der Waals surface area (Å²) in [6.45, 7) is -0.265. The van der Waals surface area contributed by atoms with Crippen LogP contribution in [0, 0.1) is 0 Å². The molecule has 0 bridgehead atoms. The molecule has 0 saturated carbocycles. The highest BCUT2D eigenvalue weighted by Gasteiger charge is 2.13. The number of nitrogens with two attached hydrogens (primary N) is 2. The standard InChI is InChI=1S/C8H10BrN5O2/c9-5-1-8(13-4-12-5)14(2-6(10)15)3-7(11)16/h1,4H,2-3H2,(H2,10,15)(H2,11,16). The SMILES string of the molecule is NC(=O)CN(CC(N)=O)c1cc(Br)ncn1. The first-order valence-corrected chi connectivity index (χ1v) is 5.07. The van der Waals surface area contributed by atoms with E-state index >= 15 is 0 Å². The van der Waals surface area contributed by atoms with Crippen LogP contribution < -0.4 is 16.4 Å². The summed E-state index contributed by atoms with van der Waals surface area (Å²) < 4.78 is 0.538. The van der Waals surface area contributed by atoms with Crippen molar-refractivity contribution in [2.45, 2.75) is 0 Å². The van der Waals surface area contributed by atoms with Crippen LogP contribution in [0.5, 0.6) is 0 Å². The number of hydrogen-bond donors (Lipinski definition) is 2. The predicted octanol–water partition coefficient (Wildman–Crippen LogP) is -0.984. The first kappa shape index (κ1) is 12.4. The van der Waals surface area contributed by atoms with E-state index in [2.05, 4.69) is 25.9 Å². The third-order valence-electron chi connectivity index (χ3n) is 1.64. The molecule has 2 amide bonds. The van der Waals surface area contributed by atoms with Crippen molar-refractivity contribution < 1.29 is 9.59 Å². The minimum Gasteiger partial charge on any atom is -0.368 e. The first-order chi connectivity index (χ1) is 7.49. The summed E-state index contributed by atoms with van der Waals surface area (Å²) in [6, 6.07) is 1.56. The van der Waals surface area contributed by atoms with E-state index in [0.29, 0.717) is 10.4 Å². The van der Waals surface area contributed by atoms with Crippen LogP contribution in [-0.4, -0.2) is 34.9 Å². The molecular formula is C8H10BrN5O2. The van der Waals surface area contributed by atoms with Crippen molar-refractivity contribution in [2.24, 2.45) is 11.5 Å². The summed E-state index contributed by atoms with van der Waals surface area (Å²) in [5, 5.41) is 0. The molecule has 0 fully saturated rings. The number of hydrogen-bond acceptors (Lipinski definition) is 5. The van der Waals surface area contributed by atoms with Gasteiger partial charge in [0.2, 0.25) is 11.8 Å². The van der Waals surface area contributed by atoms with Gasteiger partial charge >= 0.3 is 0 Å². The van der Waals surface area contributed by atoms with E-state index in [9.17, 15) is 9.59 Å². The Morgan fingerprint density at radius 3 is 2.25 bits per heavy atom. The second kappa shape index (κ2) is 5.40. The molecule has 0 saturated heterocycles. The van der Waals surface area contributed by atoms with Crippen molar-refractivity contribution >= 4 is 33.6 Å². The molecule has 0 aliphatic heterocycles. The molecule has 0 unspecified atom stereocenters. The Kier molecular flexibility index (Phi) is 4.18. The number of rotatable bonds is 5. The molecule has 0 aliphatic rings. The maximum atomic E-state index is 10.8. The quantitative estimate of drug-likeness (QED) is 0.675. The zero-order valence-corrected chi connectivity index (χ0v) is 9.85. The van der Waals surface area contributed by atoms with E-state index in [1.54, 1.807) is 6.07 Å². The molecule has 4 N–H and O–H groups in total. The fraction of sp³-hybridized carbons (Fsp3) is 0.250. The minimum absolute atomic E-state index is 0.133. The van der Waals surface area contributed by atoms with Gasteiger partial charge in [0.05, 0.1) is 13.1 Å². The molecule has 0 spiro atoms. The van der Waals surface area contributed by atoms with E-state index in [4.69, 9.17) is 11.5 Å². The smallest absolute Gasteiger partial charge is 0.237 e. The van der Waals surface area contributed by atoms with Crippen molar-refractivity contribution in [3.05, 3.63) is 17.0 Å². The van der Waals surface area contributed by atoms with Crippen molar-refractivity contribution in [3.63, 3.8) is 0 Å². The average Bonchev–Trinajstić information content (AvgIpc) is 2.15. The molecule has 8 heteroatoms. The molecule has 7 nitrogen and oxygen atoms in total. The topological polar surface area (TPSA) is 115 Å². The van der Waals surface area contributed by atoms with Crippen LogP contribution in [0.15, 0.2) is 17.0 Å². The largest absolute Gasteiger partial charge is 0.368 e. The number of primary amides is 2. The summed E-state index contributed by atoms with van der Waals surface area (Å²) in [5.41, 5.74) is 10.1. The number of carbonyl (C=O) groups excluding carboxylic acids is 2. The third kappa shape index (κ3) is 3.81. The summed E-state index contributed by atoms with van der Waals surface area (Å²) in [4.78, 5) is 30.8. The summed E-state index contributed by atoms with van der Waals surface area (Å²) in [5.74, 6) is -0.744. The van der Waals surface area contributed by atoms with E-state index in [-0.39, 0.29) is 13.1 Å². The Labute approximate surface area is 100.0 Å². The van der Waals surface area contributed by atoms with Crippen molar-refractivity contribution in [3.8, 4) is 0 Å². The van der Waals surface area contributed by atoms with E-state index in [0.717, 1.165) is 0 Å². The van der Waals surface area contributed by atoms with Gasteiger partial charge in [-0.1, -0.05) is 0 Å². The molecule has 16 heavy (non-hydrogen) atoms. The Balaban J connectivity index is 2.90. The summed E-state index contributed by atoms with van der Waals surface area (Å²) >= 11 is 3.15. The Bertz CT molecular complexity index is 395. The van der Waals surface area contributed by atoms with Gasteiger partial charge in [-0.2, -0.15) is 0 Å². The minimum atomic E-state index is -0.573. The number of halogens is 1. The molecule has 0 aromatic carbocycles. The van der Waals surface area contributed by atoms with Gasteiger partial charge in [0.15, 0.2) is 0 Å². The van der Waals surface area contributed by atoms with E-state index in [1.807, 2.05) is 0 Å². The van der Waals surface area contributed by atoms with Crippen molar-refractivity contribution in [2.75, 3.05) is 18.0 Å². The lowest BCUT2D eigenvalue weighted by atomic mass is 10.4. The summed E-state index contributed by atoms with van der Waals surface area (Å²) in [6.07, 6.45) is 1.30. The maximum Gasteiger partial charge on any atom is 0.237 e. The Morgan fingerprint density at radius 1 is 1.25 bits per heavy atom. The van der Waals surface area contributed by atoms with Gasteiger partial charge in [-0.15, -0.1) is 0 Å². The lowest BCUT2D eigenvalue weighted by Crippen LogP contribution is -2.40. The molecule has 1 heterocycles. The molecule has 1 aromatic rings. The van der Waals surface area contributed by atoms with Crippen LogP contribution in [0.4, 0.5) is 5.82 Å². The van der Waals surface area contributed by atoms with Crippen LogP contribution in [-0.2, 0) is 9.59 Å². The molecule has 0 radical (unpaired) electrons. The fourth-order valence-electron chi connectivity index (χ4n) is 1.09. The molecule has 0 aliphatic carbocycles. The molecule has 1 rings (SSSR count). The molecule has 1 aromatic heterocycles. The Morgan fingerprint density at radius 2 is 1.81 bits per heavy atom.